The predicted octanol–water partition coefficient (Wildman–Crippen LogP) is 5.45. The van der Waals surface area contributed by atoms with Crippen molar-refractivity contribution >= 4 is 12.2 Å². The quantitative estimate of drug-likeness (QED) is 0.123. The van der Waals surface area contributed by atoms with Gasteiger partial charge in [0, 0.05) is 13.1 Å². The molecule has 0 radical (unpaired) electrons. The van der Waals surface area contributed by atoms with Crippen molar-refractivity contribution in [1.82, 2.24) is 9.80 Å². The van der Waals surface area contributed by atoms with Gasteiger partial charge in [-0.15, -0.1) is 0 Å². The lowest BCUT2D eigenvalue weighted by atomic mass is 10.1. The molecule has 0 N–H and O–H groups in total. The Morgan fingerprint density at radius 3 is 1.20 bits per heavy atom. The van der Waals surface area contributed by atoms with E-state index in [1.807, 2.05) is 0 Å². The van der Waals surface area contributed by atoms with E-state index in [1.165, 1.54) is 50.1 Å². The minimum Gasteiger partial charge on any atom is -0.494 e. The van der Waals surface area contributed by atoms with E-state index in [-0.39, 0.29) is 0 Å². The van der Waals surface area contributed by atoms with Crippen LogP contribution < -0.4 is 9.47 Å². The maximum Gasteiger partial charge on any atom is 0.119 e. The Balaban J connectivity index is 1.64. The monoisotopic (exact) mass is 554 g/mol. The number of hydrogen-bond acceptors (Lipinski definition) is 4. The van der Waals surface area contributed by atoms with Crippen LogP contribution in [0.1, 0.15) is 36.8 Å². The molecule has 2 rings (SSSR count). The van der Waals surface area contributed by atoms with Crippen molar-refractivity contribution in [3.8, 4) is 11.5 Å². The fraction of sp³-hybridized carbons (Fsp3) is 0.588. The van der Waals surface area contributed by atoms with Crippen molar-refractivity contribution in [3.63, 3.8) is 0 Å². The Kier molecular flexibility index (Phi) is 14.7. The number of quaternary nitrogens is 2. The predicted molar refractivity (Wildman–Crippen MR) is 172 cm³/mol. The smallest absolute Gasteiger partial charge is 0.119 e. The Morgan fingerprint density at radius 2 is 0.875 bits per heavy atom. The number of likely N-dealkylation sites (N-methyl/N-ethyl adjacent to an activating group) is 4. The summed E-state index contributed by atoms with van der Waals surface area (Å²) >= 11 is 0. The Morgan fingerprint density at radius 1 is 0.525 bits per heavy atom. The van der Waals surface area contributed by atoms with Crippen LogP contribution >= 0.6 is 0 Å². The number of rotatable bonds is 20. The van der Waals surface area contributed by atoms with Gasteiger partial charge < -0.3 is 28.2 Å². The molecule has 6 heteroatoms. The summed E-state index contributed by atoms with van der Waals surface area (Å²) in [5.74, 6) is 1.88. The van der Waals surface area contributed by atoms with Crippen LogP contribution in [0.15, 0.2) is 48.5 Å². The molecule has 224 valence electrons. The first-order chi connectivity index (χ1) is 18.9. The molecule has 0 aliphatic rings. The van der Waals surface area contributed by atoms with E-state index in [1.54, 1.807) is 0 Å². The van der Waals surface area contributed by atoms with E-state index in [2.05, 4.69) is 127 Å². The van der Waals surface area contributed by atoms with Gasteiger partial charge in [-0.1, -0.05) is 36.4 Å². The zero-order chi connectivity index (χ0) is 29.4. The highest BCUT2D eigenvalue weighted by molar-refractivity contribution is 5.70. The summed E-state index contributed by atoms with van der Waals surface area (Å²) in [7, 11) is 17.8. The number of hydrogen-bond donors (Lipinski definition) is 0. The molecule has 0 spiro atoms. The number of ether oxygens (including phenoxy) is 2. The fourth-order valence-electron chi connectivity index (χ4n) is 4.37. The molecule has 0 fully saturated rings. The highest BCUT2D eigenvalue weighted by Gasteiger charge is 2.15. The molecule has 0 aromatic heterocycles. The molecule has 0 heterocycles. The van der Waals surface area contributed by atoms with Crippen LogP contribution in [0.3, 0.4) is 0 Å². The van der Waals surface area contributed by atoms with Crippen LogP contribution in [0.2, 0.25) is 0 Å². The van der Waals surface area contributed by atoms with E-state index in [9.17, 15) is 0 Å². The van der Waals surface area contributed by atoms with Crippen molar-refractivity contribution in [2.75, 3.05) is 109 Å². The molecule has 0 aliphatic heterocycles. The van der Waals surface area contributed by atoms with Gasteiger partial charge in [0.1, 0.15) is 11.5 Å². The van der Waals surface area contributed by atoms with Crippen LogP contribution in [0.25, 0.3) is 12.2 Å². The third-order valence-corrected chi connectivity index (χ3v) is 7.39. The van der Waals surface area contributed by atoms with Crippen molar-refractivity contribution in [3.05, 3.63) is 59.7 Å². The second-order valence-electron chi connectivity index (χ2n) is 13.0. The summed E-state index contributed by atoms with van der Waals surface area (Å²) in [6.45, 7) is 8.51. The summed E-state index contributed by atoms with van der Waals surface area (Å²) in [4.78, 5) is 4.51. The molecule has 0 bridgehead atoms. The Hall–Kier alpha value is -2.38. The molecule has 0 atom stereocenters. The number of unbranched alkanes of at least 4 members (excludes halogenated alkanes) is 2. The third kappa shape index (κ3) is 15.4. The normalized spacial score (nSPS) is 12.6. The van der Waals surface area contributed by atoms with Crippen molar-refractivity contribution in [2.45, 2.75) is 25.7 Å². The van der Waals surface area contributed by atoms with Crippen LogP contribution in [0.5, 0.6) is 11.5 Å². The molecule has 40 heavy (non-hydrogen) atoms. The largest absolute Gasteiger partial charge is 0.494 e. The fourth-order valence-corrected chi connectivity index (χ4v) is 4.37. The number of nitrogens with zero attached hydrogens (tertiary/aromatic N) is 4. The minimum atomic E-state index is 0.769. The molecule has 6 nitrogen and oxygen atoms in total. The Labute approximate surface area is 246 Å². The van der Waals surface area contributed by atoms with Gasteiger partial charge in [0.25, 0.3) is 0 Å². The summed E-state index contributed by atoms with van der Waals surface area (Å²) < 4.78 is 14.1. The van der Waals surface area contributed by atoms with E-state index < -0.39 is 0 Å². The topological polar surface area (TPSA) is 24.9 Å². The highest BCUT2D eigenvalue weighted by Crippen LogP contribution is 2.17. The van der Waals surface area contributed by atoms with Crippen LogP contribution in [-0.2, 0) is 0 Å². The lowest BCUT2D eigenvalue weighted by molar-refractivity contribution is -0.890. The van der Waals surface area contributed by atoms with Gasteiger partial charge >= 0.3 is 0 Å². The molecule has 2 aromatic rings. The second kappa shape index (κ2) is 17.4. The molecule has 2 aromatic carbocycles. The standard InChI is InChI=1S/C34H58N4O2/c1-35(2)23-27-37(5,6)25-9-11-29-39-33-19-15-31(16-20-33)13-14-32-17-21-34(22-18-32)40-30-12-10-26-38(7,8)28-24-36(3)4/h13-22H,9-12,23-30H2,1-8H3/q+2/b14-13+. The average molecular weight is 555 g/mol. The lowest BCUT2D eigenvalue weighted by Crippen LogP contribution is -2.44. The molecular formula is C34H58N4O2+2. The Bertz CT molecular complexity index is 887. The zero-order valence-electron chi connectivity index (χ0n) is 26.9. The molecule has 0 saturated heterocycles. The van der Waals surface area contributed by atoms with Gasteiger partial charge in [0.2, 0.25) is 0 Å². The first-order valence-electron chi connectivity index (χ1n) is 15.0. The van der Waals surface area contributed by atoms with Gasteiger partial charge in [-0.05, 0) is 89.3 Å². The molecule has 0 amide bonds. The van der Waals surface area contributed by atoms with Gasteiger partial charge in [0.15, 0.2) is 0 Å². The van der Waals surface area contributed by atoms with Gasteiger partial charge in [-0.2, -0.15) is 0 Å². The average Bonchev–Trinajstić information content (AvgIpc) is 2.91. The highest BCUT2D eigenvalue weighted by atomic mass is 16.5. The summed E-state index contributed by atoms with van der Waals surface area (Å²) in [5.41, 5.74) is 2.33. The zero-order valence-corrected chi connectivity index (χ0v) is 26.9. The van der Waals surface area contributed by atoms with Crippen LogP contribution in [-0.4, -0.2) is 128 Å². The molecule has 0 aliphatic carbocycles. The summed E-state index contributed by atoms with van der Waals surface area (Å²) in [6, 6.07) is 16.7. The SMILES string of the molecule is CN(C)CC[N+](C)(C)CCCCOc1ccc(/C=C/c2ccc(OCCCC[N+](C)(C)CCN(C)C)cc2)cc1. The number of benzene rings is 2. The van der Waals surface area contributed by atoms with Crippen molar-refractivity contribution in [2.24, 2.45) is 0 Å². The maximum atomic E-state index is 5.98. The van der Waals surface area contributed by atoms with E-state index in [0.29, 0.717) is 0 Å². The second-order valence-corrected chi connectivity index (χ2v) is 13.0. The van der Waals surface area contributed by atoms with E-state index in [0.717, 1.165) is 59.6 Å². The van der Waals surface area contributed by atoms with Crippen molar-refractivity contribution in [1.29, 1.82) is 0 Å². The molecule has 0 saturated carbocycles. The van der Waals surface area contributed by atoms with Gasteiger partial charge in [0.05, 0.1) is 67.6 Å². The van der Waals surface area contributed by atoms with Crippen LogP contribution in [0.4, 0.5) is 0 Å². The lowest BCUT2D eigenvalue weighted by Gasteiger charge is -2.31. The van der Waals surface area contributed by atoms with E-state index >= 15 is 0 Å². The van der Waals surface area contributed by atoms with Crippen molar-refractivity contribution < 1.29 is 18.4 Å². The summed E-state index contributed by atoms with van der Waals surface area (Å²) in [5, 5.41) is 0. The third-order valence-electron chi connectivity index (χ3n) is 7.39. The summed E-state index contributed by atoms with van der Waals surface area (Å²) in [6.07, 6.45) is 8.81. The first kappa shape index (κ1) is 33.8. The van der Waals surface area contributed by atoms with Gasteiger partial charge in [-0.25, -0.2) is 0 Å². The maximum absolute atomic E-state index is 5.98. The first-order valence-corrected chi connectivity index (χ1v) is 15.0. The molecular weight excluding hydrogens is 496 g/mol. The molecule has 0 unspecified atom stereocenters. The van der Waals surface area contributed by atoms with Gasteiger partial charge in [-0.3, -0.25) is 0 Å². The van der Waals surface area contributed by atoms with E-state index in [4.69, 9.17) is 9.47 Å². The van der Waals surface area contributed by atoms with Crippen LogP contribution in [0, 0.1) is 0 Å². The minimum absolute atomic E-state index is 0.769.